The molecule has 2 N–H and O–H groups in total. The van der Waals surface area contributed by atoms with Crippen molar-refractivity contribution >= 4 is 37.4 Å². The van der Waals surface area contributed by atoms with Crippen molar-refractivity contribution in [3.8, 4) is 11.5 Å². The number of nitrogens with one attached hydrogen (secondary N) is 1. The number of aryl methyl sites for hydroxylation is 1. The van der Waals surface area contributed by atoms with Gasteiger partial charge in [-0.25, -0.2) is 9.78 Å². The van der Waals surface area contributed by atoms with Crippen molar-refractivity contribution in [2.45, 2.75) is 88.0 Å². The molecule has 9 heteroatoms. The molecule has 1 heterocycles. The molecule has 0 aliphatic heterocycles. The molecule has 0 bridgehead atoms. The van der Waals surface area contributed by atoms with E-state index in [-0.39, 0.29) is 17.2 Å². The molecule has 4 rings (SSSR count). The first kappa shape index (κ1) is 32.4. The Morgan fingerprint density at radius 2 is 1.63 bits per heavy atom. The van der Waals surface area contributed by atoms with Crippen molar-refractivity contribution in [2.24, 2.45) is 7.05 Å². The van der Waals surface area contributed by atoms with E-state index in [0.29, 0.717) is 34.6 Å². The summed E-state index contributed by atoms with van der Waals surface area (Å²) in [5, 5.41) is 11.8. The first-order valence-electron chi connectivity index (χ1n) is 15.0. The maximum Gasteiger partial charge on any atom is 0.404 e. The molecule has 228 valence electrons. The smallest absolute Gasteiger partial charge is 0.404 e. The predicted molar refractivity (Wildman–Crippen MR) is 176 cm³/mol. The van der Waals surface area contributed by atoms with E-state index < -0.39 is 26.3 Å². The van der Waals surface area contributed by atoms with Crippen molar-refractivity contribution in [1.82, 2.24) is 14.9 Å². The van der Waals surface area contributed by atoms with Crippen molar-refractivity contribution < 1.29 is 14.7 Å². The number of carboxylic acid groups (broad SMARTS) is 1. The van der Waals surface area contributed by atoms with E-state index in [2.05, 4.69) is 58.3 Å². The van der Waals surface area contributed by atoms with Crippen LogP contribution in [0, 0.1) is 11.5 Å². The second kappa shape index (κ2) is 13.4. The van der Waals surface area contributed by atoms with Gasteiger partial charge in [0.25, 0.3) is 0 Å². The van der Waals surface area contributed by atoms with Gasteiger partial charge in [-0.2, -0.15) is 0 Å². The fourth-order valence-corrected chi connectivity index (χ4v) is 12.6. The lowest BCUT2D eigenvalue weighted by atomic mass is 9.73. The van der Waals surface area contributed by atoms with Crippen LogP contribution in [0.15, 0.2) is 67.0 Å². The zero-order valence-electron chi connectivity index (χ0n) is 26.1. The molecule has 4 unspecified atom stereocenters. The number of aromatic nitrogens is 2. The molecule has 43 heavy (non-hydrogen) atoms. The second-order valence-electron chi connectivity index (χ2n) is 12.4. The number of nitrogens with zero attached hydrogens (tertiary/aromatic N) is 3. The van der Waals surface area contributed by atoms with Crippen LogP contribution >= 0.6 is 11.6 Å². The van der Waals surface area contributed by atoms with E-state index in [1.807, 2.05) is 72.4 Å². The van der Waals surface area contributed by atoms with Crippen molar-refractivity contribution in [2.75, 3.05) is 4.90 Å². The van der Waals surface area contributed by atoms with E-state index in [1.165, 1.54) is 0 Å². The minimum atomic E-state index is -2.22. The van der Waals surface area contributed by atoms with Crippen LogP contribution in [0.4, 0.5) is 10.5 Å². The Hall–Kier alpha value is -3.54. The maximum absolute atomic E-state index is 14.7. The molecule has 3 aromatic rings. The molecule has 2 amide bonds. The van der Waals surface area contributed by atoms with Crippen LogP contribution in [0.2, 0.25) is 16.6 Å². The lowest BCUT2D eigenvalue weighted by molar-refractivity contribution is -0.113. The Labute approximate surface area is 261 Å². The van der Waals surface area contributed by atoms with E-state index in [0.717, 1.165) is 11.1 Å². The highest BCUT2D eigenvalue weighted by atomic mass is 35.5. The molecule has 1 aliphatic rings. The topological polar surface area (TPSA) is 87.5 Å². The van der Waals surface area contributed by atoms with Crippen LogP contribution in [-0.2, 0) is 11.8 Å². The van der Waals surface area contributed by atoms with Crippen molar-refractivity contribution in [1.29, 1.82) is 0 Å². The van der Waals surface area contributed by atoms with Gasteiger partial charge in [0.05, 0.1) is 11.4 Å². The molecular weight excluding hydrogens is 576 g/mol. The number of para-hydroxylation sites is 1. The Morgan fingerprint density at radius 3 is 2.16 bits per heavy atom. The summed E-state index contributed by atoms with van der Waals surface area (Å²) in [6, 6.07) is 16.5. The number of imidazole rings is 1. The third-order valence-electron chi connectivity index (χ3n) is 9.14. The SMILES string of the molecule is CC(C)[Si](C#CC(=O)N(c1ccccc1C1CC(Cl)C1NC(=O)O)C(c1ccccc1)c1nccn1C)(C(C)C)C(C)C. The van der Waals surface area contributed by atoms with Crippen molar-refractivity contribution in [3.05, 3.63) is 83.9 Å². The number of hydrogen-bond acceptors (Lipinski definition) is 3. The molecule has 0 spiro atoms. The first-order chi connectivity index (χ1) is 20.4. The summed E-state index contributed by atoms with van der Waals surface area (Å²) in [6.07, 6.45) is 3.07. The van der Waals surface area contributed by atoms with E-state index in [4.69, 9.17) is 16.6 Å². The average molecular weight is 619 g/mol. The lowest BCUT2D eigenvalue weighted by Crippen LogP contribution is -2.53. The summed E-state index contributed by atoms with van der Waals surface area (Å²) in [5.74, 6) is 3.36. The van der Waals surface area contributed by atoms with Crippen molar-refractivity contribution in [3.63, 3.8) is 0 Å². The van der Waals surface area contributed by atoms with Crippen LogP contribution in [0.3, 0.4) is 0 Å². The standard InChI is InChI=1S/C34H43ClN4O3Si/c1-22(2)43(23(3)4,24(5)6)20-17-30(40)39(32(25-13-9-8-10-14-25)33-36-18-19-38(33)7)29-16-12-11-15-26(29)27-21-28(35)31(27)37-34(41)42/h8-16,18-19,22-24,27-28,31-32,37H,21H2,1-7H3,(H,41,42). The number of benzene rings is 2. The van der Waals surface area contributed by atoms with Crippen LogP contribution in [-0.4, -0.2) is 46.2 Å². The molecule has 1 fully saturated rings. The fourth-order valence-electron chi connectivity index (χ4n) is 6.98. The van der Waals surface area contributed by atoms with E-state index in [9.17, 15) is 14.7 Å². The molecule has 1 aliphatic carbocycles. The third kappa shape index (κ3) is 6.39. The highest BCUT2D eigenvalue weighted by molar-refractivity contribution is 6.90. The minimum absolute atomic E-state index is 0.202. The van der Waals surface area contributed by atoms with E-state index >= 15 is 0 Å². The Balaban J connectivity index is 1.96. The second-order valence-corrected chi connectivity index (χ2v) is 18.6. The summed E-state index contributed by atoms with van der Waals surface area (Å²) >= 11 is 6.51. The molecule has 1 aromatic heterocycles. The summed E-state index contributed by atoms with van der Waals surface area (Å²) in [5.41, 5.74) is 7.15. The monoisotopic (exact) mass is 618 g/mol. The van der Waals surface area contributed by atoms with Gasteiger partial charge in [0.2, 0.25) is 0 Å². The number of halogens is 1. The number of amides is 2. The summed E-state index contributed by atoms with van der Waals surface area (Å²) in [7, 11) is -0.300. The number of alkyl halides is 1. The molecule has 0 saturated heterocycles. The highest BCUT2D eigenvalue weighted by Gasteiger charge is 2.45. The molecule has 4 atom stereocenters. The van der Waals surface area contributed by atoms with Crippen LogP contribution < -0.4 is 10.2 Å². The van der Waals surface area contributed by atoms with Gasteiger partial charge >= 0.3 is 12.0 Å². The molecule has 1 saturated carbocycles. The summed E-state index contributed by atoms with van der Waals surface area (Å²) in [6.45, 7) is 13.4. The molecule has 0 radical (unpaired) electrons. The summed E-state index contributed by atoms with van der Waals surface area (Å²) in [4.78, 5) is 32.8. The molecule has 7 nitrogen and oxygen atoms in total. The normalized spacial score (nSPS) is 19.0. The quantitative estimate of drug-likeness (QED) is 0.148. The average Bonchev–Trinajstić information content (AvgIpc) is 3.38. The van der Waals surface area contributed by atoms with E-state index in [1.54, 1.807) is 11.1 Å². The fraction of sp³-hybridized carbons (Fsp3) is 0.441. The Bertz CT molecular complexity index is 1470. The van der Waals surface area contributed by atoms with Gasteiger partial charge in [0.1, 0.15) is 19.9 Å². The van der Waals surface area contributed by atoms with Gasteiger partial charge in [-0.1, -0.05) is 90.1 Å². The van der Waals surface area contributed by atoms with Gasteiger partial charge in [-0.15, -0.1) is 17.1 Å². The number of rotatable bonds is 9. The number of carbonyl (C=O) groups excluding carboxylic acids is 1. The number of hydrogen-bond donors (Lipinski definition) is 2. The third-order valence-corrected chi connectivity index (χ3v) is 15.9. The number of carbonyl (C=O) groups is 2. The molecular formula is C34H43ClN4O3Si. The van der Waals surface area contributed by atoms with Gasteiger partial charge in [-0.05, 0) is 46.2 Å². The Morgan fingerprint density at radius 1 is 1.02 bits per heavy atom. The molecule has 2 aromatic carbocycles. The summed E-state index contributed by atoms with van der Waals surface area (Å²) < 4.78 is 1.93. The van der Waals surface area contributed by atoms with Crippen LogP contribution in [0.5, 0.6) is 0 Å². The van der Waals surface area contributed by atoms with Crippen LogP contribution in [0.25, 0.3) is 0 Å². The van der Waals surface area contributed by atoms with Gasteiger partial charge in [-0.3, -0.25) is 9.69 Å². The predicted octanol–water partition coefficient (Wildman–Crippen LogP) is 7.50. The zero-order valence-corrected chi connectivity index (χ0v) is 27.8. The van der Waals surface area contributed by atoms with Gasteiger partial charge < -0.3 is 15.0 Å². The first-order valence-corrected chi connectivity index (χ1v) is 17.7. The largest absolute Gasteiger partial charge is 0.465 e. The maximum atomic E-state index is 14.7. The highest BCUT2D eigenvalue weighted by Crippen LogP contribution is 2.46. The number of anilines is 1. The van der Waals surface area contributed by atoms with Gasteiger partial charge in [0, 0.05) is 31.0 Å². The minimum Gasteiger partial charge on any atom is -0.465 e. The Kier molecular flexibility index (Phi) is 10.1. The zero-order chi connectivity index (χ0) is 31.5. The van der Waals surface area contributed by atoms with Crippen LogP contribution in [0.1, 0.15) is 76.9 Å². The lowest BCUT2D eigenvalue weighted by Gasteiger charge is -2.43. The van der Waals surface area contributed by atoms with Gasteiger partial charge in [0.15, 0.2) is 0 Å².